The van der Waals surface area contributed by atoms with E-state index in [1.165, 1.54) is 10.8 Å². The summed E-state index contributed by atoms with van der Waals surface area (Å²) in [5.74, 6) is 5.19. The molecule has 3 N–H and O–H groups in total. The number of aromatic amines is 1. The second-order valence-electron chi connectivity index (χ2n) is 5.23. The molecule has 0 amide bonds. The van der Waals surface area contributed by atoms with Crippen LogP contribution in [0.4, 0.5) is 0 Å². The first-order chi connectivity index (χ1) is 13.1. The van der Waals surface area contributed by atoms with Gasteiger partial charge in [0.15, 0.2) is 8.15 Å². The zero-order valence-electron chi connectivity index (χ0n) is 14.0. The molecule has 27 heavy (non-hydrogen) atoms. The Morgan fingerprint density at radius 2 is 2.41 bits per heavy atom. The van der Waals surface area contributed by atoms with E-state index in [-0.39, 0.29) is 41.0 Å². The number of ether oxygens (including phenoxy) is 2. The lowest BCUT2D eigenvalue weighted by Crippen LogP contribution is -2.33. The molecule has 5 atom stereocenters. The Labute approximate surface area is 158 Å². The maximum Gasteiger partial charge on any atom is 0.330 e. The Bertz CT molecular complexity index is 887. The van der Waals surface area contributed by atoms with Gasteiger partial charge in [-0.25, -0.2) is 4.79 Å². The predicted molar refractivity (Wildman–Crippen MR) is 104 cm³/mol. The standard InChI is InChI=1S/C13H17N6O5P3/c14-3-1-2-8-5-19(13(21)17-12(8)20)11-4-9(23-7-16-18-15)10(24-11)6-25-27-26-22/h5,9-11,25,27H,3-4,6-7,14H2,(H,17,20,21)/t9?,10-,11-/m1/s1. The summed E-state index contributed by atoms with van der Waals surface area (Å²) in [6.07, 6.45) is 0.827. The molecule has 0 bridgehead atoms. The molecule has 1 aromatic rings. The van der Waals surface area contributed by atoms with Crippen molar-refractivity contribution >= 4 is 24.4 Å². The number of nitrogens with one attached hydrogen (secondary N) is 1. The second-order valence-corrected chi connectivity index (χ2v) is 10.7. The Hall–Kier alpha value is -1.61. The van der Waals surface area contributed by atoms with E-state index in [0.29, 0.717) is 20.9 Å². The van der Waals surface area contributed by atoms with Crippen LogP contribution in [0.5, 0.6) is 0 Å². The number of H-pyrrole nitrogens is 1. The SMILES string of the molecule is [N-]=[N+]=NCOC1C[C@H](n2cc(C#CCN)c(=O)[nH]c2=O)O[C@@H]1CPPP=O. The fourth-order valence-corrected chi connectivity index (χ4v) is 5.69. The van der Waals surface area contributed by atoms with Crippen molar-refractivity contribution in [3.8, 4) is 11.8 Å². The quantitative estimate of drug-likeness (QED) is 0.157. The number of hydrogen-bond acceptors (Lipinski definition) is 7. The number of nitrogens with zero attached hydrogens (tertiary/aromatic N) is 4. The van der Waals surface area contributed by atoms with Gasteiger partial charge in [0, 0.05) is 17.5 Å². The number of nitrogens with two attached hydrogens (primary N) is 1. The van der Waals surface area contributed by atoms with Crippen molar-refractivity contribution in [3.63, 3.8) is 0 Å². The minimum Gasteiger partial charge on any atom is -0.369 e. The van der Waals surface area contributed by atoms with E-state index in [9.17, 15) is 14.2 Å². The molecule has 1 aliphatic rings. The van der Waals surface area contributed by atoms with Crippen LogP contribution in [0.15, 0.2) is 20.9 Å². The number of rotatable bonds is 8. The average molecular weight is 430 g/mol. The molecule has 11 nitrogen and oxygen atoms in total. The highest BCUT2D eigenvalue weighted by atomic mass is 32.4. The predicted octanol–water partition coefficient (Wildman–Crippen LogP) is 1.27. The van der Waals surface area contributed by atoms with Crippen molar-refractivity contribution < 1.29 is 14.0 Å². The van der Waals surface area contributed by atoms with Crippen LogP contribution in [-0.2, 0) is 14.0 Å². The summed E-state index contributed by atoms with van der Waals surface area (Å²) in [5, 5.41) is 3.35. The third kappa shape index (κ3) is 6.21. The molecule has 0 radical (unpaired) electrons. The van der Waals surface area contributed by atoms with E-state index in [4.69, 9.17) is 20.7 Å². The molecule has 0 aromatic carbocycles. The summed E-state index contributed by atoms with van der Waals surface area (Å²) in [6, 6.07) is 0. The maximum atomic E-state index is 12.2. The number of aromatic nitrogens is 2. The zero-order chi connectivity index (χ0) is 19.6. The largest absolute Gasteiger partial charge is 0.369 e. The Morgan fingerprint density at radius 3 is 3.11 bits per heavy atom. The first-order valence-electron chi connectivity index (χ1n) is 7.73. The minimum atomic E-state index is -0.674. The van der Waals surface area contributed by atoms with Crippen molar-refractivity contribution in [1.29, 1.82) is 0 Å². The normalized spacial score (nSPS) is 22.3. The molecule has 0 spiro atoms. The van der Waals surface area contributed by atoms with E-state index < -0.39 is 23.6 Å². The Morgan fingerprint density at radius 1 is 1.59 bits per heavy atom. The highest BCUT2D eigenvalue weighted by Crippen LogP contribution is 2.48. The van der Waals surface area contributed by atoms with Crippen LogP contribution in [0.1, 0.15) is 18.2 Å². The van der Waals surface area contributed by atoms with Crippen molar-refractivity contribution in [2.24, 2.45) is 10.8 Å². The lowest BCUT2D eigenvalue weighted by Gasteiger charge is -2.17. The summed E-state index contributed by atoms with van der Waals surface area (Å²) in [5.41, 5.74) is 12.6. The second kappa shape index (κ2) is 11.3. The number of azide groups is 1. The highest BCUT2D eigenvalue weighted by molar-refractivity contribution is 8.40. The molecule has 3 unspecified atom stereocenters. The van der Waals surface area contributed by atoms with Gasteiger partial charge in [-0.1, -0.05) is 25.2 Å². The Balaban J connectivity index is 2.24. The van der Waals surface area contributed by atoms with Crippen molar-refractivity contribution in [2.45, 2.75) is 24.9 Å². The van der Waals surface area contributed by atoms with Gasteiger partial charge in [0.2, 0.25) is 0 Å². The topological polar surface area (TPSA) is 165 Å². The van der Waals surface area contributed by atoms with Crippen LogP contribution in [0.2, 0.25) is 0 Å². The van der Waals surface area contributed by atoms with Gasteiger partial charge in [0.25, 0.3) is 5.56 Å². The lowest BCUT2D eigenvalue weighted by atomic mass is 10.2. The first kappa shape index (κ1) is 21.7. The molecule has 0 aliphatic carbocycles. The monoisotopic (exact) mass is 430 g/mol. The van der Waals surface area contributed by atoms with Crippen LogP contribution in [0, 0.1) is 11.8 Å². The first-order valence-corrected chi connectivity index (χ1v) is 12.6. The van der Waals surface area contributed by atoms with Gasteiger partial charge < -0.3 is 15.2 Å². The van der Waals surface area contributed by atoms with Crippen molar-refractivity contribution in [3.05, 3.63) is 43.0 Å². The molecule has 2 heterocycles. The smallest absolute Gasteiger partial charge is 0.330 e. The summed E-state index contributed by atoms with van der Waals surface area (Å²) >= 11 is 0. The molecule has 14 heteroatoms. The van der Waals surface area contributed by atoms with Crippen LogP contribution in [0.25, 0.3) is 10.4 Å². The summed E-state index contributed by atoms with van der Waals surface area (Å²) in [7, 11) is 0.761. The van der Waals surface area contributed by atoms with Crippen LogP contribution in [-0.4, -0.2) is 41.2 Å². The van der Waals surface area contributed by atoms with Gasteiger partial charge in [-0.2, -0.15) is 0 Å². The van der Waals surface area contributed by atoms with Crippen molar-refractivity contribution in [1.82, 2.24) is 9.55 Å². The average Bonchev–Trinajstić information content (AvgIpc) is 3.04. The van der Waals surface area contributed by atoms with Gasteiger partial charge >= 0.3 is 5.69 Å². The minimum absolute atomic E-state index is 0.0800. The van der Waals surface area contributed by atoms with Gasteiger partial charge in [-0.05, 0) is 19.7 Å². The molecule has 144 valence electrons. The summed E-state index contributed by atoms with van der Waals surface area (Å²) in [4.78, 5) is 28.9. The van der Waals surface area contributed by atoms with Gasteiger partial charge in [-0.3, -0.25) is 18.9 Å². The summed E-state index contributed by atoms with van der Waals surface area (Å²) in [6.45, 7) is -0.0800. The molecule has 2 rings (SSSR count). The highest BCUT2D eigenvalue weighted by Gasteiger charge is 2.37. The van der Waals surface area contributed by atoms with Gasteiger partial charge in [0.05, 0.1) is 18.8 Å². The zero-order valence-corrected chi connectivity index (χ0v) is 16.9. The van der Waals surface area contributed by atoms with E-state index in [1.54, 1.807) is 0 Å². The van der Waals surface area contributed by atoms with E-state index in [0.717, 1.165) is 0 Å². The van der Waals surface area contributed by atoms with Crippen LogP contribution >= 0.6 is 24.4 Å². The number of hydrogen-bond donors (Lipinski definition) is 2. The van der Waals surface area contributed by atoms with Crippen molar-refractivity contribution in [2.75, 3.05) is 19.4 Å². The van der Waals surface area contributed by atoms with Gasteiger partial charge in [0.1, 0.15) is 18.5 Å². The fourth-order valence-electron chi connectivity index (χ4n) is 2.50. The summed E-state index contributed by atoms with van der Waals surface area (Å²) < 4.78 is 23.4. The van der Waals surface area contributed by atoms with Crippen LogP contribution in [0.3, 0.4) is 0 Å². The fraction of sp³-hybridized carbons (Fsp3) is 0.538. The molecule has 1 aliphatic heterocycles. The van der Waals surface area contributed by atoms with E-state index >= 15 is 0 Å². The molecule has 1 aromatic heterocycles. The Kier molecular flexibility index (Phi) is 9.06. The van der Waals surface area contributed by atoms with E-state index in [1.807, 2.05) is 0 Å². The van der Waals surface area contributed by atoms with E-state index in [2.05, 4.69) is 26.9 Å². The lowest BCUT2D eigenvalue weighted by molar-refractivity contribution is -0.0260. The molecule has 1 fully saturated rings. The third-order valence-electron chi connectivity index (χ3n) is 3.62. The molecule has 1 saturated heterocycles. The maximum absolute atomic E-state index is 12.2. The van der Waals surface area contributed by atoms with Gasteiger partial charge in [-0.15, -0.1) is 0 Å². The van der Waals surface area contributed by atoms with Crippen LogP contribution < -0.4 is 17.0 Å². The third-order valence-corrected chi connectivity index (χ3v) is 8.08. The molecular weight excluding hydrogens is 413 g/mol. The molecule has 0 saturated carbocycles. The molecular formula is C13H17N6O5P3.